The fourth-order valence-corrected chi connectivity index (χ4v) is 14.6. The Morgan fingerprint density at radius 1 is 0.260 bits per heavy atom. The second-order valence-electron chi connectivity index (χ2n) is 21.0. The van der Waals surface area contributed by atoms with Crippen LogP contribution in [0.4, 0.5) is 17.1 Å². The van der Waals surface area contributed by atoms with Crippen LogP contribution in [0.2, 0.25) is 0 Å². The molecule has 16 rings (SSSR count). The Hall–Kier alpha value is -8.78. The standard InChI is InChI=1S/C72H49N/c1-2-18-46(19-3-1)47-32-34-48(35-33-47)60-44-63-59-27-11-15-31-68(59)72(66-29-13-9-24-56(66)57-25-10-14-30-67(57)72)69(63)45-70(60)73(50-37-39-65-62(43-50)58-26-8-12-28-64(58)71(65)40-16-17-41-71)49-36-38-55-53-22-5-4-20-51(53)52-21-6-7-23-54(52)61(55)42-49/h1-15,18-39,42-45H,16-17,40-41H2. The van der Waals surface area contributed by atoms with Crippen LogP contribution in [0.15, 0.2) is 249 Å². The molecule has 0 bridgehead atoms. The summed E-state index contributed by atoms with van der Waals surface area (Å²) in [5, 5.41) is 7.63. The Morgan fingerprint density at radius 2 is 0.685 bits per heavy atom. The number of hydrogen-bond donors (Lipinski definition) is 0. The van der Waals surface area contributed by atoms with Crippen LogP contribution in [-0.2, 0) is 10.8 Å². The molecule has 12 aromatic rings. The number of hydrogen-bond acceptors (Lipinski definition) is 1. The summed E-state index contributed by atoms with van der Waals surface area (Å²) >= 11 is 0. The van der Waals surface area contributed by atoms with Gasteiger partial charge in [-0.25, -0.2) is 0 Å². The summed E-state index contributed by atoms with van der Waals surface area (Å²) in [6.45, 7) is 0. The predicted molar refractivity (Wildman–Crippen MR) is 305 cm³/mol. The molecule has 0 radical (unpaired) electrons. The third kappa shape index (κ3) is 5.57. The molecule has 0 saturated heterocycles. The van der Waals surface area contributed by atoms with Gasteiger partial charge in [0.2, 0.25) is 0 Å². The van der Waals surface area contributed by atoms with Gasteiger partial charge in [-0.2, -0.15) is 0 Å². The lowest BCUT2D eigenvalue weighted by atomic mass is 9.70. The maximum atomic E-state index is 2.62. The summed E-state index contributed by atoms with van der Waals surface area (Å²) in [7, 11) is 0. The van der Waals surface area contributed by atoms with Crippen LogP contribution in [0.5, 0.6) is 0 Å². The van der Waals surface area contributed by atoms with Crippen molar-refractivity contribution in [2.75, 3.05) is 4.90 Å². The molecule has 73 heavy (non-hydrogen) atoms. The molecule has 1 nitrogen and oxygen atoms in total. The fourth-order valence-electron chi connectivity index (χ4n) is 14.6. The Bertz CT molecular complexity index is 4190. The highest BCUT2D eigenvalue weighted by molar-refractivity contribution is 6.26. The molecule has 4 aliphatic rings. The smallest absolute Gasteiger partial charge is 0.0726 e. The van der Waals surface area contributed by atoms with Gasteiger partial charge in [-0.15, -0.1) is 0 Å². The molecule has 4 aliphatic carbocycles. The van der Waals surface area contributed by atoms with Crippen molar-refractivity contribution in [3.63, 3.8) is 0 Å². The summed E-state index contributed by atoms with van der Waals surface area (Å²) in [6, 6.07) is 94.9. The number of rotatable bonds is 5. The minimum Gasteiger partial charge on any atom is -0.310 e. The first-order valence-electron chi connectivity index (χ1n) is 26.2. The van der Waals surface area contributed by atoms with E-state index in [1.165, 1.54) is 147 Å². The second kappa shape index (κ2) is 15.4. The van der Waals surface area contributed by atoms with Gasteiger partial charge in [0.25, 0.3) is 0 Å². The normalized spacial score (nSPS) is 14.8. The minimum absolute atomic E-state index is 0.0683. The van der Waals surface area contributed by atoms with Gasteiger partial charge in [0.05, 0.1) is 11.1 Å². The van der Waals surface area contributed by atoms with E-state index in [1.807, 2.05) is 0 Å². The van der Waals surface area contributed by atoms with E-state index < -0.39 is 5.41 Å². The Morgan fingerprint density at radius 3 is 1.30 bits per heavy atom. The van der Waals surface area contributed by atoms with Crippen LogP contribution < -0.4 is 4.90 Å². The van der Waals surface area contributed by atoms with Gasteiger partial charge in [0, 0.05) is 22.4 Å². The van der Waals surface area contributed by atoms with Gasteiger partial charge in [-0.3, -0.25) is 0 Å². The average molecular weight is 928 g/mol. The lowest BCUT2D eigenvalue weighted by Crippen LogP contribution is -2.26. The van der Waals surface area contributed by atoms with E-state index in [2.05, 4.69) is 254 Å². The molecule has 0 unspecified atom stereocenters. The summed E-state index contributed by atoms with van der Waals surface area (Å²) in [6.07, 6.45) is 4.93. The number of fused-ring (bicyclic) bond motifs is 21. The van der Waals surface area contributed by atoms with Crippen molar-refractivity contribution in [1.29, 1.82) is 0 Å². The minimum atomic E-state index is -0.514. The van der Waals surface area contributed by atoms with Gasteiger partial charge in [-0.05, 0) is 165 Å². The first-order chi connectivity index (χ1) is 36.2. The lowest BCUT2D eigenvalue weighted by molar-refractivity contribution is 0.550. The Kier molecular flexibility index (Phi) is 8.61. The van der Waals surface area contributed by atoms with Gasteiger partial charge in [0.1, 0.15) is 0 Å². The zero-order valence-corrected chi connectivity index (χ0v) is 40.4. The molecule has 0 N–H and O–H groups in total. The van der Waals surface area contributed by atoms with Crippen LogP contribution in [0, 0.1) is 0 Å². The van der Waals surface area contributed by atoms with Crippen molar-refractivity contribution in [2.24, 2.45) is 0 Å². The van der Waals surface area contributed by atoms with E-state index in [0.717, 1.165) is 17.1 Å². The molecule has 0 heterocycles. The van der Waals surface area contributed by atoms with Crippen LogP contribution in [0.1, 0.15) is 59.1 Å². The fraction of sp³-hybridized carbons (Fsp3) is 0.0833. The molecule has 0 amide bonds. The first kappa shape index (κ1) is 40.9. The molecule has 0 aromatic heterocycles. The topological polar surface area (TPSA) is 3.24 Å². The van der Waals surface area contributed by atoms with E-state index >= 15 is 0 Å². The zero-order valence-electron chi connectivity index (χ0n) is 40.4. The highest BCUT2D eigenvalue weighted by Gasteiger charge is 2.52. The van der Waals surface area contributed by atoms with E-state index in [1.54, 1.807) is 0 Å². The highest BCUT2D eigenvalue weighted by Crippen LogP contribution is 2.65. The molecule has 342 valence electrons. The second-order valence-corrected chi connectivity index (χ2v) is 21.0. The zero-order chi connectivity index (χ0) is 47.8. The Labute approximate surface area is 426 Å². The molecular weight excluding hydrogens is 879 g/mol. The summed E-state index contributed by atoms with van der Waals surface area (Å²) in [4.78, 5) is 2.62. The van der Waals surface area contributed by atoms with E-state index in [9.17, 15) is 0 Å². The van der Waals surface area contributed by atoms with E-state index in [0.29, 0.717) is 0 Å². The first-order valence-corrected chi connectivity index (χ1v) is 26.2. The number of anilines is 3. The molecule has 0 atom stereocenters. The molecule has 0 aliphatic heterocycles. The van der Waals surface area contributed by atoms with Crippen LogP contribution >= 0.6 is 0 Å². The average Bonchev–Trinajstić information content (AvgIpc) is 4.26. The third-order valence-corrected chi connectivity index (χ3v) is 17.6. The van der Waals surface area contributed by atoms with Gasteiger partial charge in [0.15, 0.2) is 0 Å². The van der Waals surface area contributed by atoms with Crippen molar-refractivity contribution >= 4 is 49.4 Å². The van der Waals surface area contributed by atoms with Crippen molar-refractivity contribution in [2.45, 2.75) is 36.5 Å². The predicted octanol–water partition coefficient (Wildman–Crippen LogP) is 19.1. The molecule has 2 spiro atoms. The lowest BCUT2D eigenvalue weighted by Gasteiger charge is -2.34. The summed E-state index contributed by atoms with van der Waals surface area (Å²) < 4.78 is 0. The van der Waals surface area contributed by atoms with Gasteiger partial charge >= 0.3 is 0 Å². The monoisotopic (exact) mass is 927 g/mol. The highest BCUT2D eigenvalue weighted by atomic mass is 15.1. The van der Waals surface area contributed by atoms with Gasteiger partial charge < -0.3 is 4.90 Å². The van der Waals surface area contributed by atoms with Crippen molar-refractivity contribution in [3.05, 3.63) is 282 Å². The quantitative estimate of drug-likeness (QED) is 0.156. The Balaban J connectivity index is 1.03. The SMILES string of the molecule is c1ccc(-c2ccc(-c3cc4c(cc3N(c3ccc5c(c3)-c3ccccc3C53CCCC3)c3ccc5c6ccccc6c6ccccc6c5c3)C3(c5ccccc5-c5ccccc53)c3ccccc3-4)cc2)cc1. The molecular formula is C72H49N. The maximum Gasteiger partial charge on any atom is 0.0726 e. The number of benzene rings is 12. The van der Waals surface area contributed by atoms with Crippen molar-refractivity contribution in [3.8, 4) is 55.6 Å². The third-order valence-electron chi connectivity index (χ3n) is 17.6. The largest absolute Gasteiger partial charge is 0.310 e. The molecule has 1 heteroatoms. The number of nitrogens with zero attached hydrogens (tertiary/aromatic N) is 1. The van der Waals surface area contributed by atoms with E-state index in [4.69, 9.17) is 0 Å². The van der Waals surface area contributed by atoms with Crippen molar-refractivity contribution in [1.82, 2.24) is 0 Å². The van der Waals surface area contributed by atoms with E-state index in [-0.39, 0.29) is 5.41 Å². The van der Waals surface area contributed by atoms with Crippen LogP contribution in [0.25, 0.3) is 88.0 Å². The molecule has 12 aromatic carbocycles. The summed E-state index contributed by atoms with van der Waals surface area (Å²) in [5.41, 5.74) is 24.1. The van der Waals surface area contributed by atoms with Crippen molar-refractivity contribution < 1.29 is 0 Å². The summed E-state index contributed by atoms with van der Waals surface area (Å²) in [5.74, 6) is 0. The maximum absolute atomic E-state index is 2.62. The van der Waals surface area contributed by atoms with Crippen LogP contribution in [0.3, 0.4) is 0 Å². The van der Waals surface area contributed by atoms with Gasteiger partial charge in [-0.1, -0.05) is 225 Å². The molecule has 1 fully saturated rings. The molecule has 1 saturated carbocycles. The van der Waals surface area contributed by atoms with Crippen LogP contribution in [-0.4, -0.2) is 0 Å².